The highest BCUT2D eigenvalue weighted by Gasteiger charge is 2.40. The summed E-state index contributed by atoms with van der Waals surface area (Å²) in [6.07, 6.45) is 4.03. The third kappa shape index (κ3) is 3.43. The van der Waals surface area contributed by atoms with Crippen LogP contribution in [0.25, 0.3) is 10.9 Å². The van der Waals surface area contributed by atoms with Crippen molar-refractivity contribution < 1.29 is 9.53 Å². The van der Waals surface area contributed by atoms with E-state index >= 15 is 0 Å². The van der Waals surface area contributed by atoms with Gasteiger partial charge in [0.1, 0.15) is 6.10 Å². The van der Waals surface area contributed by atoms with Crippen LogP contribution in [0.3, 0.4) is 0 Å². The van der Waals surface area contributed by atoms with E-state index in [1.807, 2.05) is 54.6 Å². The van der Waals surface area contributed by atoms with Gasteiger partial charge in [-0.15, -0.1) is 0 Å². The molecule has 2 saturated heterocycles. The molecule has 5 rings (SSSR count). The third-order valence-corrected chi connectivity index (χ3v) is 6.75. The smallest absolute Gasteiger partial charge is 0.339 e. The first kappa shape index (κ1) is 19.1. The highest BCUT2D eigenvalue weighted by atomic mass is 16.5. The number of carbonyl (C=O) groups is 1. The van der Waals surface area contributed by atoms with Gasteiger partial charge in [-0.25, -0.2) is 4.79 Å². The van der Waals surface area contributed by atoms with E-state index in [1.54, 1.807) is 4.57 Å². The predicted molar refractivity (Wildman–Crippen MR) is 117 cm³/mol. The summed E-state index contributed by atoms with van der Waals surface area (Å²) in [7, 11) is 2.17. The van der Waals surface area contributed by atoms with E-state index < -0.39 is 0 Å². The van der Waals surface area contributed by atoms with Crippen LogP contribution in [0.15, 0.2) is 65.5 Å². The van der Waals surface area contributed by atoms with Crippen molar-refractivity contribution in [3.05, 3.63) is 82.1 Å². The number of nitrogens with zero attached hydrogens (tertiary/aromatic N) is 2. The van der Waals surface area contributed by atoms with Crippen LogP contribution in [0, 0.1) is 0 Å². The molecule has 5 heteroatoms. The van der Waals surface area contributed by atoms with Crippen molar-refractivity contribution in [2.45, 2.75) is 50.4 Å². The lowest BCUT2D eigenvalue weighted by Gasteiger charge is -2.35. The lowest BCUT2D eigenvalue weighted by Crippen LogP contribution is -2.43. The predicted octanol–water partition coefficient (Wildman–Crippen LogP) is 3.83. The first-order chi connectivity index (χ1) is 14.6. The Hall–Kier alpha value is -2.92. The normalized spacial score (nSPS) is 23.6. The molecule has 30 heavy (non-hydrogen) atoms. The van der Waals surface area contributed by atoms with Crippen molar-refractivity contribution in [1.29, 1.82) is 0 Å². The average molecular weight is 402 g/mol. The Morgan fingerprint density at radius 3 is 2.40 bits per heavy atom. The molecule has 3 heterocycles. The summed E-state index contributed by atoms with van der Waals surface area (Å²) in [6.45, 7) is 0.466. The van der Waals surface area contributed by atoms with Crippen LogP contribution in [0.1, 0.15) is 41.6 Å². The molecule has 5 nitrogen and oxygen atoms in total. The number of benzene rings is 2. The second-order valence-electron chi connectivity index (χ2n) is 8.53. The lowest BCUT2D eigenvalue weighted by molar-refractivity contribution is -0.000286. The number of aromatic nitrogens is 1. The summed E-state index contributed by atoms with van der Waals surface area (Å²) in [5.41, 5.74) is 1.98. The van der Waals surface area contributed by atoms with E-state index in [0.29, 0.717) is 24.2 Å². The number of rotatable bonds is 4. The van der Waals surface area contributed by atoms with Gasteiger partial charge in [0.2, 0.25) is 0 Å². The fraction of sp³-hybridized carbons (Fsp3) is 0.360. The topological polar surface area (TPSA) is 51.5 Å². The number of ether oxygens (including phenoxy) is 1. The summed E-state index contributed by atoms with van der Waals surface area (Å²) in [5, 5.41) is 0.758. The zero-order valence-electron chi connectivity index (χ0n) is 17.2. The molecule has 154 valence electrons. The summed E-state index contributed by atoms with van der Waals surface area (Å²) < 4.78 is 7.63. The van der Waals surface area contributed by atoms with Crippen LogP contribution >= 0.6 is 0 Å². The summed E-state index contributed by atoms with van der Waals surface area (Å²) in [4.78, 5) is 28.5. The second-order valence-corrected chi connectivity index (χ2v) is 8.53. The summed E-state index contributed by atoms with van der Waals surface area (Å²) >= 11 is 0. The SMILES string of the molecule is CN1[C@@H]2CC[C@H]1CC(OC(=O)c1cc(=O)n(Cc3ccccc3)c3ccccc13)C2. The van der Waals surface area contributed by atoms with Gasteiger partial charge in [0, 0.05) is 36.4 Å². The zero-order chi connectivity index (χ0) is 20.7. The molecule has 3 atom stereocenters. The maximum Gasteiger partial charge on any atom is 0.339 e. The number of hydrogen-bond acceptors (Lipinski definition) is 4. The Kier molecular flexibility index (Phi) is 4.91. The molecular formula is C25H26N2O3. The molecule has 0 spiro atoms. The third-order valence-electron chi connectivity index (χ3n) is 6.75. The van der Waals surface area contributed by atoms with Crippen LogP contribution in [0.4, 0.5) is 0 Å². The van der Waals surface area contributed by atoms with E-state index in [9.17, 15) is 9.59 Å². The standard InChI is InChI=1S/C25H26N2O3/c1-26-18-11-12-19(26)14-20(13-18)30-25(29)22-15-24(28)27(16-17-7-3-2-4-8-17)23-10-6-5-9-21(22)23/h2-10,15,18-20H,11-14,16H2,1H3/t18-,19+,20?. The van der Waals surface area contributed by atoms with Crippen molar-refractivity contribution >= 4 is 16.9 Å². The molecule has 2 bridgehead atoms. The maximum absolute atomic E-state index is 13.1. The molecule has 2 aromatic carbocycles. The van der Waals surface area contributed by atoms with E-state index in [0.717, 1.165) is 29.3 Å². The van der Waals surface area contributed by atoms with Gasteiger partial charge in [-0.2, -0.15) is 0 Å². The molecule has 2 fully saturated rings. The number of esters is 1. The molecule has 1 aromatic heterocycles. The quantitative estimate of drug-likeness (QED) is 0.623. The molecule has 2 aliphatic heterocycles. The number of hydrogen-bond donors (Lipinski definition) is 0. The number of carbonyl (C=O) groups excluding carboxylic acids is 1. The van der Waals surface area contributed by atoms with Gasteiger partial charge in [0.25, 0.3) is 5.56 Å². The van der Waals surface area contributed by atoms with Crippen LogP contribution in [-0.4, -0.2) is 40.7 Å². The van der Waals surface area contributed by atoms with Crippen LogP contribution in [-0.2, 0) is 11.3 Å². The van der Waals surface area contributed by atoms with Crippen molar-refractivity contribution in [3.63, 3.8) is 0 Å². The van der Waals surface area contributed by atoms with Crippen LogP contribution < -0.4 is 5.56 Å². The summed E-state index contributed by atoms with van der Waals surface area (Å²) in [6, 6.07) is 19.9. The monoisotopic (exact) mass is 402 g/mol. The minimum absolute atomic E-state index is 0.0725. The Balaban J connectivity index is 1.46. The lowest BCUT2D eigenvalue weighted by atomic mass is 10.0. The second kappa shape index (κ2) is 7.73. The average Bonchev–Trinajstić information content (AvgIpc) is 2.97. The highest BCUT2D eigenvalue weighted by Crippen LogP contribution is 2.36. The van der Waals surface area contributed by atoms with Gasteiger partial charge >= 0.3 is 5.97 Å². The fourth-order valence-corrected chi connectivity index (χ4v) is 5.11. The molecule has 0 aliphatic carbocycles. The van der Waals surface area contributed by atoms with Gasteiger partial charge in [-0.05, 0) is 31.5 Å². The maximum atomic E-state index is 13.1. The van der Waals surface area contributed by atoms with Crippen molar-refractivity contribution in [2.75, 3.05) is 7.05 Å². The largest absolute Gasteiger partial charge is 0.459 e. The van der Waals surface area contributed by atoms with Gasteiger partial charge in [0.05, 0.1) is 17.6 Å². The molecule has 0 radical (unpaired) electrons. The molecule has 3 aromatic rings. The first-order valence-electron chi connectivity index (χ1n) is 10.7. The highest BCUT2D eigenvalue weighted by molar-refractivity contribution is 6.03. The van der Waals surface area contributed by atoms with Crippen molar-refractivity contribution in [1.82, 2.24) is 9.47 Å². The molecule has 0 N–H and O–H groups in total. The fourth-order valence-electron chi connectivity index (χ4n) is 5.11. The van der Waals surface area contributed by atoms with Gasteiger partial charge in [-0.1, -0.05) is 48.5 Å². The zero-order valence-corrected chi connectivity index (χ0v) is 17.2. The van der Waals surface area contributed by atoms with Gasteiger partial charge in [-0.3, -0.25) is 4.79 Å². The van der Waals surface area contributed by atoms with E-state index in [4.69, 9.17) is 4.74 Å². The van der Waals surface area contributed by atoms with E-state index in [1.165, 1.54) is 18.9 Å². The molecule has 1 unspecified atom stereocenters. The van der Waals surface area contributed by atoms with Crippen LogP contribution in [0.2, 0.25) is 0 Å². The number of pyridine rings is 1. The Labute approximate surface area is 175 Å². The van der Waals surface area contributed by atoms with Gasteiger partial charge in [0.15, 0.2) is 0 Å². The first-order valence-corrected chi connectivity index (χ1v) is 10.7. The van der Waals surface area contributed by atoms with Crippen molar-refractivity contribution in [3.8, 4) is 0 Å². The Morgan fingerprint density at radius 2 is 1.67 bits per heavy atom. The molecule has 2 aliphatic rings. The minimum Gasteiger partial charge on any atom is -0.459 e. The molecule has 0 saturated carbocycles. The number of fused-ring (bicyclic) bond motifs is 3. The minimum atomic E-state index is -0.385. The van der Waals surface area contributed by atoms with Gasteiger partial charge < -0.3 is 14.2 Å². The number of para-hydroxylation sites is 1. The van der Waals surface area contributed by atoms with E-state index in [2.05, 4.69) is 11.9 Å². The Morgan fingerprint density at radius 1 is 1.00 bits per heavy atom. The van der Waals surface area contributed by atoms with Crippen LogP contribution in [0.5, 0.6) is 0 Å². The Bertz CT molecular complexity index is 1120. The molecule has 0 amide bonds. The van der Waals surface area contributed by atoms with Crippen molar-refractivity contribution in [2.24, 2.45) is 0 Å². The summed E-state index contributed by atoms with van der Waals surface area (Å²) in [5.74, 6) is -0.385. The van der Waals surface area contributed by atoms with E-state index in [-0.39, 0.29) is 17.6 Å². The number of piperidine rings is 1. The molecular weight excluding hydrogens is 376 g/mol.